The fourth-order valence-corrected chi connectivity index (χ4v) is 3.44. The van der Waals surface area contributed by atoms with E-state index in [-0.39, 0.29) is 5.96 Å². The van der Waals surface area contributed by atoms with Crippen LogP contribution in [0.1, 0.15) is 5.56 Å². The van der Waals surface area contributed by atoms with Gasteiger partial charge in [0.1, 0.15) is 0 Å². The van der Waals surface area contributed by atoms with E-state index in [1.807, 2.05) is 9.80 Å². The summed E-state index contributed by atoms with van der Waals surface area (Å²) < 4.78 is 38.7. The summed E-state index contributed by atoms with van der Waals surface area (Å²) >= 11 is 11.9. The van der Waals surface area contributed by atoms with Gasteiger partial charge >= 0.3 is 6.18 Å². The molecule has 1 aliphatic heterocycles. The number of hydrogen-bond acceptors (Lipinski definition) is 2. The minimum atomic E-state index is -4.36. The van der Waals surface area contributed by atoms with Gasteiger partial charge in [0.2, 0.25) is 0 Å². The van der Waals surface area contributed by atoms with E-state index in [0.29, 0.717) is 47.6 Å². The van der Waals surface area contributed by atoms with Crippen molar-refractivity contribution < 1.29 is 13.2 Å². The van der Waals surface area contributed by atoms with Crippen molar-refractivity contribution in [3.8, 4) is 0 Å². The molecule has 27 heavy (non-hydrogen) atoms. The zero-order valence-electron chi connectivity index (χ0n) is 14.2. The monoisotopic (exact) mass is 416 g/mol. The van der Waals surface area contributed by atoms with Gasteiger partial charge in [-0.3, -0.25) is 5.41 Å². The van der Waals surface area contributed by atoms with Crippen LogP contribution in [0.15, 0.2) is 42.5 Å². The van der Waals surface area contributed by atoms with Crippen LogP contribution < -0.4 is 10.2 Å². The lowest BCUT2D eigenvalue weighted by Gasteiger charge is -2.37. The smallest absolute Gasteiger partial charge is 0.368 e. The molecule has 4 nitrogen and oxygen atoms in total. The Labute approximate surface area is 165 Å². The SMILES string of the molecule is N=C(Nc1cc(Cl)cc(Cl)c1)N1CCN(c2cccc(C(F)(F)F)c2)CC1. The second-order valence-corrected chi connectivity index (χ2v) is 7.03. The Hall–Kier alpha value is -2.12. The van der Waals surface area contributed by atoms with Crippen LogP contribution >= 0.6 is 23.2 Å². The molecule has 2 aromatic rings. The molecule has 1 saturated heterocycles. The normalized spacial score (nSPS) is 15.0. The molecule has 0 amide bonds. The van der Waals surface area contributed by atoms with Crippen molar-refractivity contribution in [1.82, 2.24) is 4.90 Å². The van der Waals surface area contributed by atoms with Crippen molar-refractivity contribution in [1.29, 1.82) is 5.41 Å². The van der Waals surface area contributed by atoms with E-state index in [1.165, 1.54) is 6.07 Å². The van der Waals surface area contributed by atoms with Crippen molar-refractivity contribution in [3.63, 3.8) is 0 Å². The van der Waals surface area contributed by atoms with E-state index in [1.54, 1.807) is 24.3 Å². The van der Waals surface area contributed by atoms with Crippen LogP contribution in [0.5, 0.6) is 0 Å². The Bertz CT molecular complexity index is 813. The molecule has 0 aromatic heterocycles. The second-order valence-electron chi connectivity index (χ2n) is 6.15. The van der Waals surface area contributed by atoms with E-state index in [4.69, 9.17) is 28.6 Å². The van der Waals surface area contributed by atoms with Crippen molar-refractivity contribution in [2.75, 3.05) is 36.4 Å². The molecule has 0 atom stereocenters. The highest BCUT2D eigenvalue weighted by atomic mass is 35.5. The summed E-state index contributed by atoms with van der Waals surface area (Å²) in [6, 6.07) is 10.2. The van der Waals surface area contributed by atoms with Gasteiger partial charge in [0.15, 0.2) is 5.96 Å². The standard InChI is InChI=1S/C18H17Cl2F3N4/c19-13-9-14(20)11-15(10-13)25-17(24)27-6-4-26(5-7-27)16-3-1-2-12(8-16)18(21,22)23/h1-3,8-11H,4-7H2,(H2,24,25). The number of nitrogens with one attached hydrogen (secondary N) is 2. The van der Waals surface area contributed by atoms with Crippen LogP contribution in [0.25, 0.3) is 0 Å². The fraction of sp³-hybridized carbons (Fsp3) is 0.278. The maximum absolute atomic E-state index is 12.9. The van der Waals surface area contributed by atoms with Crippen molar-refractivity contribution in [3.05, 3.63) is 58.1 Å². The first-order valence-corrected chi connectivity index (χ1v) is 8.97. The first-order chi connectivity index (χ1) is 12.7. The van der Waals surface area contributed by atoms with Crippen LogP contribution in [0.4, 0.5) is 24.5 Å². The van der Waals surface area contributed by atoms with Crippen LogP contribution in [0.3, 0.4) is 0 Å². The van der Waals surface area contributed by atoms with Crippen molar-refractivity contribution in [2.45, 2.75) is 6.18 Å². The lowest BCUT2D eigenvalue weighted by Crippen LogP contribution is -2.50. The molecule has 9 heteroatoms. The molecule has 0 unspecified atom stereocenters. The topological polar surface area (TPSA) is 42.4 Å². The molecule has 2 aromatic carbocycles. The number of halogens is 5. The Balaban J connectivity index is 1.61. The molecule has 0 bridgehead atoms. The van der Waals surface area contributed by atoms with Gasteiger partial charge in [-0.2, -0.15) is 13.2 Å². The molecule has 1 aliphatic rings. The lowest BCUT2D eigenvalue weighted by molar-refractivity contribution is -0.137. The highest BCUT2D eigenvalue weighted by Crippen LogP contribution is 2.32. The molecule has 1 fully saturated rings. The van der Waals surface area contributed by atoms with Gasteiger partial charge in [0.05, 0.1) is 5.56 Å². The van der Waals surface area contributed by atoms with E-state index < -0.39 is 11.7 Å². The summed E-state index contributed by atoms with van der Waals surface area (Å²) in [5.41, 5.74) is 0.484. The zero-order chi connectivity index (χ0) is 19.6. The predicted molar refractivity (Wildman–Crippen MR) is 103 cm³/mol. The number of benzene rings is 2. The summed E-state index contributed by atoms with van der Waals surface area (Å²) in [5, 5.41) is 12.1. The van der Waals surface area contributed by atoms with E-state index >= 15 is 0 Å². The quantitative estimate of drug-likeness (QED) is 0.523. The molecular formula is C18H17Cl2F3N4. The summed E-state index contributed by atoms with van der Waals surface area (Å²) in [4.78, 5) is 3.70. The highest BCUT2D eigenvalue weighted by Gasteiger charge is 2.31. The third-order valence-electron chi connectivity index (χ3n) is 4.26. The highest BCUT2D eigenvalue weighted by molar-refractivity contribution is 6.35. The molecule has 2 N–H and O–H groups in total. The van der Waals surface area contributed by atoms with Gasteiger partial charge in [0.25, 0.3) is 0 Å². The summed E-state index contributed by atoms with van der Waals surface area (Å²) in [6.07, 6.45) is -4.36. The van der Waals surface area contributed by atoms with Gasteiger partial charge in [-0.25, -0.2) is 0 Å². The summed E-state index contributed by atoms with van der Waals surface area (Å²) in [6.45, 7) is 2.05. The average molecular weight is 417 g/mol. The van der Waals surface area contributed by atoms with Crippen LogP contribution in [0, 0.1) is 5.41 Å². The lowest BCUT2D eigenvalue weighted by atomic mass is 10.1. The van der Waals surface area contributed by atoms with Crippen LogP contribution in [-0.2, 0) is 6.18 Å². The number of nitrogens with zero attached hydrogens (tertiary/aromatic N) is 2. The summed E-state index contributed by atoms with van der Waals surface area (Å²) in [7, 11) is 0. The fourth-order valence-electron chi connectivity index (χ4n) is 2.91. The van der Waals surface area contributed by atoms with E-state index in [0.717, 1.165) is 12.1 Å². The zero-order valence-corrected chi connectivity index (χ0v) is 15.7. The van der Waals surface area contributed by atoms with Crippen LogP contribution in [-0.4, -0.2) is 37.0 Å². The number of rotatable bonds is 2. The maximum Gasteiger partial charge on any atom is 0.416 e. The third-order valence-corrected chi connectivity index (χ3v) is 4.70. The van der Waals surface area contributed by atoms with E-state index in [9.17, 15) is 13.2 Å². The van der Waals surface area contributed by atoms with Gasteiger partial charge in [-0.15, -0.1) is 0 Å². The maximum atomic E-state index is 12.9. The first kappa shape index (κ1) is 19.6. The molecular weight excluding hydrogens is 400 g/mol. The Morgan fingerprint density at radius 1 is 0.963 bits per heavy atom. The number of anilines is 2. The van der Waals surface area contributed by atoms with Gasteiger partial charge < -0.3 is 15.1 Å². The molecule has 0 radical (unpaired) electrons. The first-order valence-electron chi connectivity index (χ1n) is 8.21. The van der Waals surface area contributed by atoms with Crippen molar-refractivity contribution >= 4 is 40.5 Å². The largest absolute Gasteiger partial charge is 0.416 e. The predicted octanol–water partition coefficient (Wildman–Crippen LogP) is 5.18. The Morgan fingerprint density at radius 2 is 1.59 bits per heavy atom. The molecule has 0 saturated carbocycles. The minimum absolute atomic E-state index is 0.192. The average Bonchev–Trinajstić information content (AvgIpc) is 2.60. The van der Waals surface area contributed by atoms with Crippen molar-refractivity contribution in [2.24, 2.45) is 0 Å². The summed E-state index contributed by atoms with van der Waals surface area (Å²) in [5.74, 6) is 0.192. The molecule has 0 aliphatic carbocycles. The number of alkyl halides is 3. The number of guanidine groups is 1. The minimum Gasteiger partial charge on any atom is -0.368 e. The molecule has 1 heterocycles. The molecule has 0 spiro atoms. The van der Waals surface area contributed by atoms with Gasteiger partial charge in [-0.1, -0.05) is 29.3 Å². The Morgan fingerprint density at radius 3 is 2.19 bits per heavy atom. The number of piperazine rings is 1. The molecule has 3 rings (SSSR count). The Kier molecular flexibility index (Phi) is 5.72. The van der Waals surface area contributed by atoms with Gasteiger partial charge in [0, 0.05) is 47.6 Å². The molecule has 144 valence electrons. The number of hydrogen-bond donors (Lipinski definition) is 2. The van der Waals surface area contributed by atoms with E-state index in [2.05, 4.69) is 5.32 Å². The third kappa shape index (κ3) is 4.99. The van der Waals surface area contributed by atoms with Gasteiger partial charge in [-0.05, 0) is 36.4 Å². The second kappa shape index (κ2) is 7.86. The van der Waals surface area contributed by atoms with Crippen LogP contribution in [0.2, 0.25) is 10.0 Å².